The third-order valence-electron chi connectivity index (χ3n) is 4.32. The van der Waals surface area contributed by atoms with Gasteiger partial charge in [-0.2, -0.15) is 0 Å². The van der Waals surface area contributed by atoms with Crippen molar-refractivity contribution >= 4 is 0 Å². The first-order valence-corrected chi connectivity index (χ1v) is 7.65. The van der Waals surface area contributed by atoms with E-state index in [1.54, 1.807) is 0 Å². The molecule has 2 nitrogen and oxygen atoms in total. The molecule has 0 amide bonds. The Bertz CT molecular complexity index is 185. The van der Waals surface area contributed by atoms with E-state index in [4.69, 9.17) is 0 Å². The van der Waals surface area contributed by atoms with Crippen molar-refractivity contribution in [2.24, 2.45) is 5.92 Å². The summed E-state index contributed by atoms with van der Waals surface area (Å²) in [4.78, 5) is 2.57. The molecular formula is C15H32N2. The Morgan fingerprint density at radius 2 is 1.82 bits per heavy atom. The van der Waals surface area contributed by atoms with Crippen molar-refractivity contribution in [1.29, 1.82) is 0 Å². The van der Waals surface area contributed by atoms with Crippen LogP contribution in [-0.4, -0.2) is 36.6 Å². The van der Waals surface area contributed by atoms with E-state index in [1.807, 2.05) is 0 Å². The SMILES string of the molecule is CCCCC(C)NC(C)C1CCN(CC)CC1. The molecule has 2 atom stereocenters. The summed E-state index contributed by atoms with van der Waals surface area (Å²) in [5, 5.41) is 3.80. The Morgan fingerprint density at radius 1 is 1.18 bits per heavy atom. The molecule has 1 rings (SSSR count). The maximum atomic E-state index is 3.80. The molecule has 17 heavy (non-hydrogen) atoms. The van der Waals surface area contributed by atoms with E-state index >= 15 is 0 Å². The van der Waals surface area contributed by atoms with Crippen molar-refractivity contribution in [2.45, 2.75) is 71.9 Å². The van der Waals surface area contributed by atoms with E-state index in [-0.39, 0.29) is 0 Å². The third-order valence-corrected chi connectivity index (χ3v) is 4.32. The van der Waals surface area contributed by atoms with Gasteiger partial charge in [-0.05, 0) is 58.7 Å². The fraction of sp³-hybridized carbons (Fsp3) is 1.00. The van der Waals surface area contributed by atoms with Crippen LogP contribution in [-0.2, 0) is 0 Å². The third kappa shape index (κ3) is 5.39. The van der Waals surface area contributed by atoms with Crippen molar-refractivity contribution in [3.63, 3.8) is 0 Å². The Hall–Kier alpha value is -0.0800. The first-order valence-electron chi connectivity index (χ1n) is 7.65. The van der Waals surface area contributed by atoms with Crippen LogP contribution in [0, 0.1) is 5.92 Å². The van der Waals surface area contributed by atoms with Gasteiger partial charge >= 0.3 is 0 Å². The smallest absolute Gasteiger partial charge is 0.00704 e. The van der Waals surface area contributed by atoms with Gasteiger partial charge in [-0.3, -0.25) is 0 Å². The molecule has 0 aromatic rings. The minimum atomic E-state index is 0.689. The molecule has 102 valence electrons. The molecule has 1 aliphatic heterocycles. The average Bonchev–Trinajstić information content (AvgIpc) is 2.36. The highest BCUT2D eigenvalue weighted by molar-refractivity contribution is 4.80. The number of nitrogens with one attached hydrogen (secondary N) is 1. The van der Waals surface area contributed by atoms with Gasteiger partial charge in [0.25, 0.3) is 0 Å². The second kappa shape index (κ2) is 8.10. The summed E-state index contributed by atoms with van der Waals surface area (Å²) in [6.45, 7) is 13.1. The van der Waals surface area contributed by atoms with Crippen LogP contribution < -0.4 is 5.32 Å². The van der Waals surface area contributed by atoms with Crippen LogP contribution in [0.25, 0.3) is 0 Å². The lowest BCUT2D eigenvalue weighted by atomic mass is 9.89. The first-order chi connectivity index (χ1) is 8.17. The van der Waals surface area contributed by atoms with Crippen LogP contribution in [0.2, 0.25) is 0 Å². The minimum absolute atomic E-state index is 0.689. The molecule has 0 radical (unpaired) electrons. The molecule has 0 aromatic carbocycles. The van der Waals surface area contributed by atoms with Gasteiger partial charge in [0.2, 0.25) is 0 Å². The molecule has 1 fully saturated rings. The first kappa shape index (κ1) is 15.0. The van der Waals surface area contributed by atoms with Gasteiger partial charge < -0.3 is 10.2 Å². The molecule has 1 heterocycles. The molecule has 2 heteroatoms. The molecular weight excluding hydrogens is 208 g/mol. The van der Waals surface area contributed by atoms with Crippen LogP contribution in [0.3, 0.4) is 0 Å². The fourth-order valence-electron chi connectivity index (χ4n) is 2.95. The van der Waals surface area contributed by atoms with E-state index in [9.17, 15) is 0 Å². The van der Waals surface area contributed by atoms with Crippen LogP contribution in [0.1, 0.15) is 59.8 Å². The highest BCUT2D eigenvalue weighted by Gasteiger charge is 2.23. The summed E-state index contributed by atoms with van der Waals surface area (Å²) in [5.41, 5.74) is 0. The summed E-state index contributed by atoms with van der Waals surface area (Å²) in [6, 6.07) is 1.38. The van der Waals surface area contributed by atoms with E-state index in [2.05, 4.69) is 37.9 Å². The van der Waals surface area contributed by atoms with Crippen molar-refractivity contribution in [2.75, 3.05) is 19.6 Å². The van der Waals surface area contributed by atoms with Crippen molar-refractivity contribution in [3.05, 3.63) is 0 Å². The molecule has 2 unspecified atom stereocenters. The molecule has 0 bridgehead atoms. The van der Waals surface area contributed by atoms with Gasteiger partial charge in [-0.25, -0.2) is 0 Å². The summed E-state index contributed by atoms with van der Waals surface area (Å²) < 4.78 is 0. The topological polar surface area (TPSA) is 15.3 Å². The van der Waals surface area contributed by atoms with Crippen molar-refractivity contribution in [3.8, 4) is 0 Å². The number of unbranched alkanes of at least 4 members (excludes halogenated alkanes) is 1. The summed E-state index contributed by atoms with van der Waals surface area (Å²) in [7, 11) is 0. The molecule has 0 aliphatic carbocycles. The van der Waals surface area contributed by atoms with Crippen LogP contribution >= 0.6 is 0 Å². The van der Waals surface area contributed by atoms with Crippen LogP contribution in [0.5, 0.6) is 0 Å². The fourth-order valence-corrected chi connectivity index (χ4v) is 2.95. The zero-order chi connectivity index (χ0) is 12.7. The molecule has 1 aliphatic rings. The lowest BCUT2D eigenvalue weighted by molar-refractivity contribution is 0.164. The Morgan fingerprint density at radius 3 is 2.35 bits per heavy atom. The van der Waals surface area contributed by atoms with E-state index < -0.39 is 0 Å². The maximum Gasteiger partial charge on any atom is 0.00704 e. The Labute approximate surface area is 108 Å². The monoisotopic (exact) mass is 240 g/mol. The van der Waals surface area contributed by atoms with Gasteiger partial charge in [0.15, 0.2) is 0 Å². The number of hydrogen-bond acceptors (Lipinski definition) is 2. The zero-order valence-corrected chi connectivity index (χ0v) is 12.3. The van der Waals surface area contributed by atoms with E-state index in [1.165, 1.54) is 51.7 Å². The van der Waals surface area contributed by atoms with Crippen LogP contribution in [0.15, 0.2) is 0 Å². The number of hydrogen-bond donors (Lipinski definition) is 1. The number of piperidine rings is 1. The second-order valence-electron chi connectivity index (χ2n) is 5.77. The lowest BCUT2D eigenvalue weighted by Gasteiger charge is -2.35. The molecule has 0 spiro atoms. The van der Waals surface area contributed by atoms with Crippen molar-refractivity contribution in [1.82, 2.24) is 10.2 Å². The summed E-state index contributed by atoms with van der Waals surface area (Å²) in [6.07, 6.45) is 6.75. The zero-order valence-electron chi connectivity index (χ0n) is 12.3. The lowest BCUT2D eigenvalue weighted by Crippen LogP contribution is -2.44. The number of rotatable bonds is 7. The predicted molar refractivity (Wildman–Crippen MR) is 76.4 cm³/mol. The second-order valence-corrected chi connectivity index (χ2v) is 5.77. The van der Waals surface area contributed by atoms with Gasteiger partial charge in [-0.15, -0.1) is 0 Å². The van der Waals surface area contributed by atoms with Gasteiger partial charge in [0.1, 0.15) is 0 Å². The van der Waals surface area contributed by atoms with Gasteiger partial charge in [0.05, 0.1) is 0 Å². The number of likely N-dealkylation sites (tertiary alicyclic amines) is 1. The van der Waals surface area contributed by atoms with Crippen molar-refractivity contribution < 1.29 is 0 Å². The average molecular weight is 240 g/mol. The van der Waals surface area contributed by atoms with Gasteiger partial charge in [0, 0.05) is 12.1 Å². The van der Waals surface area contributed by atoms with E-state index in [0.717, 1.165) is 5.92 Å². The molecule has 0 aromatic heterocycles. The number of nitrogens with zero attached hydrogens (tertiary/aromatic N) is 1. The molecule has 0 saturated carbocycles. The minimum Gasteiger partial charge on any atom is -0.312 e. The van der Waals surface area contributed by atoms with Crippen LogP contribution in [0.4, 0.5) is 0 Å². The largest absolute Gasteiger partial charge is 0.312 e. The summed E-state index contributed by atoms with van der Waals surface area (Å²) >= 11 is 0. The standard InChI is InChI=1S/C15H32N2/c1-5-7-8-13(3)16-14(4)15-9-11-17(6-2)12-10-15/h13-16H,5-12H2,1-4H3. The Balaban J connectivity index is 2.21. The normalized spacial score (nSPS) is 22.6. The maximum absolute atomic E-state index is 3.80. The predicted octanol–water partition coefficient (Wildman–Crippen LogP) is 3.28. The van der Waals surface area contributed by atoms with E-state index in [0.29, 0.717) is 12.1 Å². The highest BCUT2D eigenvalue weighted by atomic mass is 15.1. The molecule has 1 saturated heterocycles. The molecule has 1 N–H and O–H groups in total. The summed E-state index contributed by atoms with van der Waals surface area (Å²) in [5.74, 6) is 0.891. The van der Waals surface area contributed by atoms with Gasteiger partial charge in [-0.1, -0.05) is 26.7 Å². The Kier molecular flexibility index (Phi) is 7.14. The highest BCUT2D eigenvalue weighted by Crippen LogP contribution is 2.21. The quantitative estimate of drug-likeness (QED) is 0.735.